The number of methoxy groups -OCH3 is 1. The molecule has 0 unspecified atom stereocenters. The molecule has 0 N–H and O–H groups in total. The Bertz CT molecular complexity index is 1500. The molecule has 0 saturated heterocycles. The van der Waals surface area contributed by atoms with Gasteiger partial charge >= 0.3 is 0 Å². The van der Waals surface area contributed by atoms with E-state index >= 15 is 0 Å². The number of nitrogens with zero attached hydrogens (tertiary/aromatic N) is 1. The lowest BCUT2D eigenvalue weighted by atomic mass is 9.98. The van der Waals surface area contributed by atoms with E-state index in [1.54, 1.807) is 18.2 Å². The number of benzene rings is 3. The largest absolute Gasteiger partial charge is 0.490 e. The van der Waals surface area contributed by atoms with Gasteiger partial charge in [0.05, 0.1) is 30.2 Å². The molecule has 3 aromatic carbocycles. The summed E-state index contributed by atoms with van der Waals surface area (Å²) < 4.78 is 36.9. The van der Waals surface area contributed by atoms with Gasteiger partial charge in [-0.25, -0.2) is 4.39 Å². The third kappa shape index (κ3) is 4.68. The molecule has 5 rings (SSSR count). The summed E-state index contributed by atoms with van der Waals surface area (Å²) in [5.41, 5.74) is 1.52. The maximum absolute atomic E-state index is 14.0. The fraction of sp³-hybridized carbons (Fsp3) is 0.241. The SMILES string of the molecule is CCOc1cc([C@H]2c3c(oc4ccc(F)cc4c3=O)C(=O)N2CCOC)ccc1OCc1ccccc1. The lowest BCUT2D eigenvalue weighted by Crippen LogP contribution is -2.32. The van der Waals surface area contributed by atoms with Crippen LogP contribution >= 0.6 is 0 Å². The molecule has 2 heterocycles. The minimum absolute atomic E-state index is 0.0485. The fourth-order valence-electron chi connectivity index (χ4n) is 4.58. The Kier molecular flexibility index (Phi) is 6.92. The smallest absolute Gasteiger partial charge is 0.290 e. The normalized spacial score (nSPS) is 14.7. The van der Waals surface area contributed by atoms with E-state index in [1.165, 1.54) is 24.1 Å². The van der Waals surface area contributed by atoms with E-state index in [1.807, 2.05) is 37.3 Å². The van der Waals surface area contributed by atoms with Crippen molar-refractivity contribution in [2.75, 3.05) is 26.9 Å². The summed E-state index contributed by atoms with van der Waals surface area (Å²) in [5.74, 6) is -0.0134. The van der Waals surface area contributed by atoms with Crippen molar-refractivity contribution in [2.45, 2.75) is 19.6 Å². The molecule has 0 fully saturated rings. The Balaban J connectivity index is 1.59. The summed E-state index contributed by atoms with van der Waals surface area (Å²) >= 11 is 0. The lowest BCUT2D eigenvalue weighted by Gasteiger charge is -2.25. The van der Waals surface area contributed by atoms with E-state index in [0.29, 0.717) is 30.3 Å². The van der Waals surface area contributed by atoms with Crippen LogP contribution in [0.3, 0.4) is 0 Å². The topological polar surface area (TPSA) is 78.2 Å². The molecule has 0 saturated carbocycles. The van der Waals surface area contributed by atoms with Crippen LogP contribution in [0.1, 0.15) is 40.2 Å². The molecular weight excluding hydrogens is 477 g/mol. The van der Waals surface area contributed by atoms with Crippen LogP contribution < -0.4 is 14.9 Å². The zero-order valence-corrected chi connectivity index (χ0v) is 20.5. The first-order valence-corrected chi connectivity index (χ1v) is 12.0. The summed E-state index contributed by atoms with van der Waals surface area (Å²) in [6, 6.07) is 18.0. The number of halogens is 1. The molecule has 8 heteroatoms. The highest BCUT2D eigenvalue weighted by atomic mass is 19.1. The number of hydrogen-bond donors (Lipinski definition) is 0. The van der Waals surface area contributed by atoms with Crippen LogP contribution in [-0.2, 0) is 11.3 Å². The van der Waals surface area contributed by atoms with Crippen molar-refractivity contribution < 1.29 is 27.8 Å². The van der Waals surface area contributed by atoms with Gasteiger partial charge in [0, 0.05) is 13.7 Å². The standard InChI is InChI=1S/C29H26FNO6/c1-3-35-24-15-19(9-11-23(24)36-17-18-7-5-4-6-8-18)26-25-27(32)21-16-20(30)10-12-22(21)37-28(25)29(33)31(26)13-14-34-2/h4-12,15-16,26H,3,13-14,17H2,1-2H3/t26-/m0/s1. The zero-order valence-electron chi connectivity index (χ0n) is 20.5. The first kappa shape index (κ1) is 24.5. The second-order valence-electron chi connectivity index (χ2n) is 8.62. The van der Waals surface area contributed by atoms with Gasteiger partial charge in [0.2, 0.25) is 5.76 Å². The minimum Gasteiger partial charge on any atom is -0.490 e. The van der Waals surface area contributed by atoms with Crippen LogP contribution in [0.4, 0.5) is 4.39 Å². The Hall–Kier alpha value is -4.17. The van der Waals surface area contributed by atoms with Gasteiger partial charge in [0.1, 0.15) is 18.0 Å². The number of carbonyl (C=O) groups excluding carboxylic acids is 1. The van der Waals surface area contributed by atoms with Gasteiger partial charge in [-0.3, -0.25) is 9.59 Å². The van der Waals surface area contributed by atoms with E-state index in [2.05, 4.69) is 0 Å². The van der Waals surface area contributed by atoms with Crippen molar-refractivity contribution in [3.8, 4) is 11.5 Å². The van der Waals surface area contributed by atoms with Crippen LogP contribution in [0.2, 0.25) is 0 Å². The first-order chi connectivity index (χ1) is 18.0. The number of hydrogen-bond acceptors (Lipinski definition) is 6. The molecule has 7 nitrogen and oxygen atoms in total. The van der Waals surface area contributed by atoms with E-state index < -0.39 is 23.2 Å². The molecule has 0 aliphatic carbocycles. The van der Waals surface area contributed by atoms with Gasteiger partial charge in [-0.05, 0) is 48.4 Å². The number of carbonyl (C=O) groups is 1. The van der Waals surface area contributed by atoms with Gasteiger partial charge in [-0.2, -0.15) is 0 Å². The summed E-state index contributed by atoms with van der Waals surface area (Å²) in [7, 11) is 1.54. The van der Waals surface area contributed by atoms with Gasteiger partial charge < -0.3 is 23.5 Å². The molecule has 0 bridgehead atoms. The fourth-order valence-corrected chi connectivity index (χ4v) is 4.58. The Morgan fingerprint density at radius 3 is 2.54 bits per heavy atom. The summed E-state index contributed by atoms with van der Waals surface area (Å²) in [6.45, 7) is 3.10. The predicted octanol–water partition coefficient (Wildman–Crippen LogP) is 5.10. The minimum atomic E-state index is -0.760. The molecule has 0 spiro atoms. The van der Waals surface area contributed by atoms with Crippen LogP contribution in [-0.4, -0.2) is 37.7 Å². The van der Waals surface area contributed by atoms with Crippen molar-refractivity contribution in [1.29, 1.82) is 0 Å². The van der Waals surface area contributed by atoms with Gasteiger partial charge in [0.15, 0.2) is 16.9 Å². The van der Waals surface area contributed by atoms with Gasteiger partial charge in [-0.1, -0.05) is 36.4 Å². The van der Waals surface area contributed by atoms with Crippen LogP contribution in [0.5, 0.6) is 11.5 Å². The quantitative estimate of drug-likeness (QED) is 0.316. The molecule has 4 aromatic rings. The lowest BCUT2D eigenvalue weighted by molar-refractivity contribution is 0.0663. The molecule has 1 aliphatic heterocycles. The highest BCUT2D eigenvalue weighted by molar-refractivity contribution is 5.99. The van der Waals surface area contributed by atoms with E-state index in [4.69, 9.17) is 18.6 Å². The number of amides is 1. The number of ether oxygens (including phenoxy) is 3. The average Bonchev–Trinajstić information content (AvgIpc) is 3.19. The summed E-state index contributed by atoms with van der Waals surface area (Å²) in [4.78, 5) is 28.5. The molecule has 190 valence electrons. The summed E-state index contributed by atoms with van der Waals surface area (Å²) in [5, 5.41) is 0.0815. The van der Waals surface area contributed by atoms with Crippen molar-refractivity contribution >= 4 is 16.9 Å². The number of rotatable bonds is 9. The molecule has 1 amide bonds. The third-order valence-electron chi connectivity index (χ3n) is 6.28. The van der Waals surface area contributed by atoms with E-state index in [-0.39, 0.29) is 35.4 Å². The molecule has 1 aliphatic rings. The highest BCUT2D eigenvalue weighted by Crippen LogP contribution is 2.41. The van der Waals surface area contributed by atoms with Crippen LogP contribution in [0.15, 0.2) is 75.9 Å². The first-order valence-electron chi connectivity index (χ1n) is 12.0. The van der Waals surface area contributed by atoms with E-state index in [9.17, 15) is 14.0 Å². The molecule has 0 radical (unpaired) electrons. The van der Waals surface area contributed by atoms with Crippen molar-refractivity contribution in [2.24, 2.45) is 0 Å². The molecule has 1 aromatic heterocycles. The zero-order chi connectivity index (χ0) is 25.9. The molecule has 1 atom stereocenters. The monoisotopic (exact) mass is 503 g/mol. The Morgan fingerprint density at radius 1 is 0.973 bits per heavy atom. The second kappa shape index (κ2) is 10.4. The van der Waals surface area contributed by atoms with Crippen molar-refractivity contribution in [3.63, 3.8) is 0 Å². The van der Waals surface area contributed by atoms with Crippen molar-refractivity contribution in [3.05, 3.63) is 105 Å². The second-order valence-corrected chi connectivity index (χ2v) is 8.62. The third-order valence-corrected chi connectivity index (χ3v) is 6.28. The molecule has 37 heavy (non-hydrogen) atoms. The Labute approximate surface area is 213 Å². The Morgan fingerprint density at radius 2 is 1.78 bits per heavy atom. The average molecular weight is 504 g/mol. The van der Waals surface area contributed by atoms with Crippen molar-refractivity contribution in [1.82, 2.24) is 4.90 Å². The summed E-state index contributed by atoms with van der Waals surface area (Å²) in [6.07, 6.45) is 0. The maximum Gasteiger partial charge on any atom is 0.290 e. The van der Waals surface area contributed by atoms with E-state index in [0.717, 1.165) is 11.6 Å². The van der Waals surface area contributed by atoms with Crippen LogP contribution in [0.25, 0.3) is 11.0 Å². The molecular formula is C29H26FNO6. The van der Waals surface area contributed by atoms with Crippen LogP contribution in [0, 0.1) is 5.82 Å². The van der Waals surface area contributed by atoms with Gasteiger partial charge in [-0.15, -0.1) is 0 Å². The van der Waals surface area contributed by atoms with Gasteiger partial charge in [0.25, 0.3) is 5.91 Å². The maximum atomic E-state index is 14.0. The highest BCUT2D eigenvalue weighted by Gasteiger charge is 2.42. The number of fused-ring (bicyclic) bond motifs is 2. The predicted molar refractivity (Wildman–Crippen MR) is 136 cm³/mol.